The first-order chi connectivity index (χ1) is 14.3. The predicted molar refractivity (Wildman–Crippen MR) is 126 cm³/mol. The van der Waals surface area contributed by atoms with Gasteiger partial charge in [0, 0.05) is 7.11 Å². The molecule has 4 rings (SSSR count). The van der Waals surface area contributed by atoms with Gasteiger partial charge in [-0.3, -0.25) is 0 Å². The van der Waals surface area contributed by atoms with Gasteiger partial charge >= 0.3 is 0 Å². The van der Waals surface area contributed by atoms with Gasteiger partial charge in [0.2, 0.25) is 0 Å². The van der Waals surface area contributed by atoms with Crippen molar-refractivity contribution in [2.24, 2.45) is 0 Å². The van der Waals surface area contributed by atoms with Crippen molar-refractivity contribution < 1.29 is 21.7 Å². The maximum Gasteiger partial charge on any atom is 0.116 e. The van der Waals surface area contributed by atoms with Gasteiger partial charge in [-0.1, -0.05) is 78.9 Å². The van der Waals surface area contributed by atoms with Gasteiger partial charge in [-0.25, -0.2) is 0 Å². The van der Waals surface area contributed by atoms with Gasteiger partial charge in [-0.2, -0.15) is 0 Å². The Morgan fingerprint density at radius 2 is 0.900 bits per heavy atom. The molecule has 0 saturated carbocycles. The van der Waals surface area contributed by atoms with E-state index in [9.17, 15) is 0 Å². The Balaban J connectivity index is 0.00000256. The number of benzene rings is 4. The van der Waals surface area contributed by atoms with E-state index in [4.69, 9.17) is 4.74 Å². The van der Waals surface area contributed by atoms with Crippen molar-refractivity contribution in [2.45, 2.75) is 12.8 Å². The minimum absolute atomic E-state index is 0. The Hall–Kier alpha value is -2.25. The molecule has 0 amide bonds. The van der Waals surface area contributed by atoms with Gasteiger partial charge in [-0.15, -0.1) is 0 Å². The van der Waals surface area contributed by atoms with Crippen LogP contribution in [0.4, 0.5) is 0 Å². The molecule has 0 aliphatic heterocycles. The lowest BCUT2D eigenvalue weighted by Crippen LogP contribution is -3.00. The summed E-state index contributed by atoms with van der Waals surface area (Å²) >= 11 is 0. The third-order valence-corrected chi connectivity index (χ3v) is 9.72. The second-order valence-corrected chi connectivity index (χ2v) is 10.7. The molecule has 0 aliphatic rings. The van der Waals surface area contributed by atoms with Crippen LogP contribution in [-0.2, 0) is 17.5 Å². The van der Waals surface area contributed by atoms with E-state index >= 15 is 0 Å². The molecule has 0 bridgehead atoms. The number of methoxy groups -OCH3 is 1. The summed E-state index contributed by atoms with van der Waals surface area (Å²) in [6.07, 6.45) is 0.998. The molecule has 30 heavy (non-hydrogen) atoms. The average molecular weight is 477 g/mol. The van der Waals surface area contributed by atoms with Crippen molar-refractivity contribution in [1.29, 1.82) is 0 Å². The number of ether oxygens (including phenoxy) is 1. The highest BCUT2D eigenvalue weighted by Gasteiger charge is 2.45. The van der Waals surface area contributed by atoms with E-state index in [1.54, 1.807) is 7.11 Å². The summed E-state index contributed by atoms with van der Waals surface area (Å²) in [5.74, 6) is 0. The zero-order chi connectivity index (χ0) is 19.9. The molecular weight excluding hydrogens is 451 g/mol. The third-order valence-electron chi connectivity index (χ3n) is 5.34. The smallest absolute Gasteiger partial charge is 0.116 e. The largest absolute Gasteiger partial charge is 1.00 e. The molecule has 0 N–H and O–H groups in total. The first-order valence-electron chi connectivity index (χ1n) is 9.94. The predicted octanol–water partition coefficient (Wildman–Crippen LogP) is 2.33. The SMILES string of the molecule is COCc1ccc(C[P+](c2ccccc2)(c2ccccc2)c2ccccc2)cc1.[Br-]. The molecule has 4 aromatic rings. The van der Waals surface area contributed by atoms with Crippen LogP contribution in [0.3, 0.4) is 0 Å². The second-order valence-electron chi connectivity index (χ2n) is 7.22. The lowest BCUT2D eigenvalue weighted by atomic mass is 10.2. The van der Waals surface area contributed by atoms with Crippen LogP contribution in [0.2, 0.25) is 0 Å². The van der Waals surface area contributed by atoms with Crippen LogP contribution >= 0.6 is 7.26 Å². The van der Waals surface area contributed by atoms with Crippen molar-refractivity contribution in [3.8, 4) is 0 Å². The van der Waals surface area contributed by atoms with Gasteiger partial charge < -0.3 is 21.7 Å². The van der Waals surface area contributed by atoms with Crippen LogP contribution in [-0.4, -0.2) is 7.11 Å². The van der Waals surface area contributed by atoms with E-state index in [0.29, 0.717) is 6.61 Å². The number of hydrogen-bond donors (Lipinski definition) is 0. The summed E-state index contributed by atoms with van der Waals surface area (Å²) in [7, 11) is -0.0962. The fraction of sp³-hybridized carbons (Fsp3) is 0.111. The number of halogens is 1. The van der Waals surface area contributed by atoms with Crippen LogP contribution in [0.5, 0.6) is 0 Å². The Kier molecular flexibility index (Phi) is 7.99. The summed E-state index contributed by atoms with van der Waals surface area (Å²) in [5.41, 5.74) is 2.56. The first kappa shape index (κ1) is 22.4. The van der Waals surface area contributed by atoms with Crippen LogP contribution in [0, 0.1) is 0 Å². The Labute approximate surface area is 190 Å². The molecule has 152 valence electrons. The lowest BCUT2D eigenvalue weighted by Gasteiger charge is -2.28. The molecule has 0 unspecified atom stereocenters. The maximum atomic E-state index is 5.28. The van der Waals surface area contributed by atoms with Crippen molar-refractivity contribution in [3.05, 3.63) is 126 Å². The molecule has 1 nitrogen and oxygen atoms in total. The van der Waals surface area contributed by atoms with Crippen LogP contribution in [0.25, 0.3) is 0 Å². The van der Waals surface area contributed by atoms with Gasteiger partial charge in [0.25, 0.3) is 0 Å². The van der Waals surface area contributed by atoms with Crippen molar-refractivity contribution in [2.75, 3.05) is 7.11 Å². The maximum absolute atomic E-state index is 5.28. The molecule has 3 heteroatoms. The highest BCUT2D eigenvalue weighted by atomic mass is 79.9. The summed E-state index contributed by atoms with van der Waals surface area (Å²) in [4.78, 5) is 0. The van der Waals surface area contributed by atoms with Crippen molar-refractivity contribution >= 4 is 23.2 Å². The molecule has 0 fully saturated rings. The average Bonchev–Trinajstić information content (AvgIpc) is 2.80. The van der Waals surface area contributed by atoms with Crippen LogP contribution < -0.4 is 32.9 Å². The highest BCUT2D eigenvalue weighted by Crippen LogP contribution is 2.58. The van der Waals surface area contributed by atoms with Crippen LogP contribution in [0.15, 0.2) is 115 Å². The monoisotopic (exact) mass is 476 g/mol. The zero-order valence-corrected chi connectivity index (χ0v) is 19.6. The molecule has 0 atom stereocenters. The molecule has 4 aromatic carbocycles. The van der Waals surface area contributed by atoms with E-state index in [0.717, 1.165) is 6.16 Å². The molecule has 0 radical (unpaired) electrons. The normalized spacial score (nSPS) is 11.0. The Morgan fingerprint density at radius 3 is 1.27 bits per heavy atom. The third kappa shape index (κ3) is 4.73. The van der Waals surface area contributed by atoms with E-state index in [1.807, 2.05) is 0 Å². The topological polar surface area (TPSA) is 9.23 Å². The van der Waals surface area contributed by atoms with Crippen LogP contribution in [0.1, 0.15) is 11.1 Å². The molecule has 0 spiro atoms. The van der Waals surface area contributed by atoms with E-state index < -0.39 is 7.26 Å². The Morgan fingerprint density at radius 1 is 0.533 bits per heavy atom. The van der Waals surface area contributed by atoms with E-state index in [-0.39, 0.29) is 17.0 Å². The molecule has 0 heterocycles. The molecular formula is C27H26BrOP. The number of hydrogen-bond acceptors (Lipinski definition) is 1. The minimum Gasteiger partial charge on any atom is -1.00 e. The summed E-state index contributed by atoms with van der Waals surface area (Å²) < 4.78 is 5.28. The van der Waals surface area contributed by atoms with Crippen molar-refractivity contribution in [3.63, 3.8) is 0 Å². The van der Waals surface area contributed by atoms with Crippen molar-refractivity contribution in [1.82, 2.24) is 0 Å². The van der Waals surface area contributed by atoms with Gasteiger partial charge in [0.05, 0.1) is 12.8 Å². The lowest BCUT2D eigenvalue weighted by molar-refractivity contribution is -0.00000594. The Bertz CT molecular complexity index is 922. The molecule has 0 aliphatic carbocycles. The molecule has 0 saturated heterocycles. The van der Waals surface area contributed by atoms with Gasteiger partial charge in [0.1, 0.15) is 23.2 Å². The number of rotatable bonds is 7. The van der Waals surface area contributed by atoms with E-state index in [2.05, 4.69) is 115 Å². The highest BCUT2D eigenvalue weighted by molar-refractivity contribution is 7.95. The van der Waals surface area contributed by atoms with E-state index in [1.165, 1.54) is 27.0 Å². The summed E-state index contributed by atoms with van der Waals surface area (Å²) in [6.45, 7) is 0.649. The fourth-order valence-corrected chi connectivity index (χ4v) is 8.19. The second kappa shape index (κ2) is 10.7. The fourth-order valence-electron chi connectivity index (χ4n) is 3.95. The van der Waals surface area contributed by atoms with Gasteiger partial charge in [-0.05, 0) is 47.5 Å². The quantitative estimate of drug-likeness (QED) is 0.372. The summed E-state index contributed by atoms with van der Waals surface area (Å²) in [6, 6.07) is 42.0. The van der Waals surface area contributed by atoms with Gasteiger partial charge in [0.15, 0.2) is 0 Å². The zero-order valence-electron chi connectivity index (χ0n) is 17.1. The minimum atomic E-state index is -1.84. The standard InChI is InChI=1S/C27H26OP.BrH/c1-28-21-23-17-19-24(20-18-23)22-29(25-11-5-2-6-12-25,26-13-7-3-8-14-26)27-15-9-4-10-16-27;/h2-20H,21-22H2,1H3;1H/q+1;/p-1. The molecule has 0 aromatic heterocycles. The summed E-state index contributed by atoms with van der Waals surface area (Å²) in [5, 5.41) is 4.25. The first-order valence-corrected chi connectivity index (χ1v) is 11.9.